The first-order valence-electron chi connectivity index (χ1n) is 7.43. The smallest absolute Gasteiger partial charge is 0.359 e. The van der Waals surface area contributed by atoms with Crippen molar-refractivity contribution in [2.45, 2.75) is 26.9 Å². The van der Waals surface area contributed by atoms with Crippen molar-refractivity contribution in [2.24, 2.45) is 0 Å². The molecule has 0 radical (unpaired) electrons. The summed E-state index contributed by atoms with van der Waals surface area (Å²) in [5.74, 6) is 0.00658. The number of carbonyl (C=O) groups excluding carboxylic acids is 1. The number of benzene rings is 1. The zero-order valence-electron chi connectivity index (χ0n) is 13.6. The van der Waals surface area contributed by atoms with E-state index >= 15 is 0 Å². The van der Waals surface area contributed by atoms with E-state index in [1.807, 2.05) is 31.2 Å². The molecule has 0 aliphatic carbocycles. The maximum absolute atomic E-state index is 12.0. The average Bonchev–Trinajstić information content (AvgIpc) is 3.06. The predicted octanol–water partition coefficient (Wildman–Crippen LogP) is 3.06. The van der Waals surface area contributed by atoms with Gasteiger partial charge in [-0.05, 0) is 32.9 Å². The van der Waals surface area contributed by atoms with Crippen molar-refractivity contribution in [1.29, 1.82) is 0 Å². The number of ether oxygens (including phenoxy) is 1. The molecule has 1 unspecified atom stereocenters. The van der Waals surface area contributed by atoms with Gasteiger partial charge in [0.05, 0.1) is 11.9 Å². The molecule has 1 atom stereocenters. The Morgan fingerprint density at radius 3 is 2.50 bits per heavy atom. The Hall–Kier alpha value is -3.09. The predicted molar refractivity (Wildman–Crippen MR) is 85.1 cm³/mol. The van der Waals surface area contributed by atoms with Gasteiger partial charge in [0.25, 0.3) is 5.89 Å². The molecule has 1 aromatic carbocycles. The lowest BCUT2D eigenvalue weighted by atomic mass is 10.1. The number of esters is 1. The lowest BCUT2D eigenvalue weighted by molar-refractivity contribution is 0.0272. The highest BCUT2D eigenvalue weighted by atomic mass is 16.6. The SMILES string of the molecule is Cc1ccc(-c2nnc(C(C)OC(=O)c3cnc(C)cn3)o2)cc1. The van der Waals surface area contributed by atoms with Crippen molar-refractivity contribution in [3.05, 3.63) is 59.5 Å². The Labute approximate surface area is 138 Å². The summed E-state index contributed by atoms with van der Waals surface area (Å²) in [5, 5.41) is 7.94. The highest BCUT2D eigenvalue weighted by molar-refractivity contribution is 5.86. The van der Waals surface area contributed by atoms with E-state index in [2.05, 4.69) is 20.2 Å². The maximum atomic E-state index is 12.0. The van der Waals surface area contributed by atoms with Crippen LogP contribution in [0.25, 0.3) is 11.5 Å². The molecule has 0 aliphatic rings. The fourth-order valence-electron chi connectivity index (χ4n) is 1.98. The van der Waals surface area contributed by atoms with Crippen molar-refractivity contribution in [2.75, 3.05) is 0 Å². The van der Waals surface area contributed by atoms with E-state index in [0.717, 1.165) is 16.8 Å². The molecule has 0 bridgehead atoms. The van der Waals surface area contributed by atoms with Crippen LogP contribution in [0.2, 0.25) is 0 Å². The number of rotatable bonds is 4. The van der Waals surface area contributed by atoms with Crippen LogP contribution < -0.4 is 0 Å². The molecule has 2 aromatic heterocycles. The molecule has 24 heavy (non-hydrogen) atoms. The number of aryl methyl sites for hydroxylation is 2. The topological polar surface area (TPSA) is 91.0 Å². The standard InChI is InChI=1S/C17H16N4O3/c1-10-4-6-13(7-5-10)16-21-20-15(24-16)12(3)23-17(22)14-9-18-11(2)8-19-14/h4-9,12H,1-3H3. The van der Waals surface area contributed by atoms with E-state index in [0.29, 0.717) is 5.89 Å². The monoisotopic (exact) mass is 324 g/mol. The van der Waals surface area contributed by atoms with Gasteiger partial charge in [0.15, 0.2) is 11.8 Å². The lowest BCUT2D eigenvalue weighted by Crippen LogP contribution is -2.11. The third-order valence-corrected chi connectivity index (χ3v) is 3.36. The first-order valence-corrected chi connectivity index (χ1v) is 7.43. The Balaban J connectivity index is 1.71. The minimum absolute atomic E-state index is 0.130. The summed E-state index contributed by atoms with van der Waals surface area (Å²) in [7, 11) is 0. The Kier molecular flexibility index (Phi) is 4.33. The van der Waals surface area contributed by atoms with Crippen LogP contribution in [0.3, 0.4) is 0 Å². The van der Waals surface area contributed by atoms with E-state index in [9.17, 15) is 4.79 Å². The van der Waals surface area contributed by atoms with Gasteiger partial charge in [-0.15, -0.1) is 10.2 Å². The van der Waals surface area contributed by atoms with Crippen LogP contribution in [0.1, 0.15) is 40.7 Å². The largest absolute Gasteiger partial charge is 0.448 e. The number of hydrogen-bond donors (Lipinski definition) is 0. The number of hydrogen-bond acceptors (Lipinski definition) is 7. The van der Waals surface area contributed by atoms with Gasteiger partial charge in [-0.1, -0.05) is 17.7 Å². The number of nitrogens with zero attached hydrogens (tertiary/aromatic N) is 4. The fourth-order valence-corrected chi connectivity index (χ4v) is 1.98. The second-order valence-electron chi connectivity index (χ2n) is 5.40. The first kappa shape index (κ1) is 15.8. The van der Waals surface area contributed by atoms with Crippen molar-refractivity contribution in [3.8, 4) is 11.5 Å². The minimum atomic E-state index is -0.688. The fraction of sp³-hybridized carbons (Fsp3) is 0.235. The van der Waals surface area contributed by atoms with Crippen LogP contribution in [-0.4, -0.2) is 26.1 Å². The summed E-state index contributed by atoms with van der Waals surface area (Å²) in [6, 6.07) is 7.70. The molecule has 0 fully saturated rings. The quantitative estimate of drug-likeness (QED) is 0.681. The van der Waals surface area contributed by atoms with Crippen molar-refractivity contribution in [1.82, 2.24) is 20.2 Å². The summed E-state index contributed by atoms with van der Waals surface area (Å²) < 4.78 is 10.9. The van der Waals surface area contributed by atoms with Crippen molar-refractivity contribution >= 4 is 5.97 Å². The van der Waals surface area contributed by atoms with Crippen LogP contribution in [0.5, 0.6) is 0 Å². The summed E-state index contributed by atoms with van der Waals surface area (Å²) in [6.07, 6.45) is 2.19. The van der Waals surface area contributed by atoms with Gasteiger partial charge in [-0.25, -0.2) is 9.78 Å². The van der Waals surface area contributed by atoms with E-state index in [1.165, 1.54) is 12.4 Å². The van der Waals surface area contributed by atoms with E-state index in [1.54, 1.807) is 13.8 Å². The highest BCUT2D eigenvalue weighted by Crippen LogP contribution is 2.23. The van der Waals surface area contributed by atoms with Gasteiger partial charge in [0.2, 0.25) is 5.89 Å². The third-order valence-electron chi connectivity index (χ3n) is 3.36. The minimum Gasteiger partial charge on any atom is -0.448 e. The highest BCUT2D eigenvalue weighted by Gasteiger charge is 2.20. The molecule has 3 aromatic rings. The molecular formula is C17H16N4O3. The van der Waals surface area contributed by atoms with Gasteiger partial charge >= 0.3 is 5.97 Å². The second kappa shape index (κ2) is 6.57. The summed E-state index contributed by atoms with van der Waals surface area (Å²) in [5.41, 5.74) is 2.80. The summed E-state index contributed by atoms with van der Waals surface area (Å²) in [6.45, 7) is 5.44. The first-order chi connectivity index (χ1) is 11.5. The molecule has 0 amide bonds. The van der Waals surface area contributed by atoms with Crippen LogP contribution in [0, 0.1) is 13.8 Å². The van der Waals surface area contributed by atoms with Crippen LogP contribution >= 0.6 is 0 Å². The molecule has 0 N–H and O–H groups in total. The van der Waals surface area contributed by atoms with Gasteiger partial charge in [-0.2, -0.15) is 0 Å². The molecule has 3 rings (SSSR count). The number of aromatic nitrogens is 4. The van der Waals surface area contributed by atoms with Crippen LogP contribution in [0.15, 0.2) is 41.1 Å². The van der Waals surface area contributed by atoms with Crippen LogP contribution in [0.4, 0.5) is 0 Å². The molecule has 0 aliphatic heterocycles. The van der Waals surface area contributed by atoms with Gasteiger partial charge in [0.1, 0.15) is 0 Å². The molecule has 0 saturated carbocycles. The molecule has 0 spiro atoms. The zero-order chi connectivity index (χ0) is 17.1. The Morgan fingerprint density at radius 1 is 1.08 bits per heavy atom. The van der Waals surface area contributed by atoms with E-state index in [-0.39, 0.29) is 11.6 Å². The van der Waals surface area contributed by atoms with Crippen molar-refractivity contribution in [3.63, 3.8) is 0 Å². The lowest BCUT2D eigenvalue weighted by Gasteiger charge is -2.08. The molecule has 7 nitrogen and oxygen atoms in total. The zero-order valence-corrected chi connectivity index (χ0v) is 13.6. The van der Waals surface area contributed by atoms with E-state index in [4.69, 9.17) is 9.15 Å². The van der Waals surface area contributed by atoms with Gasteiger partial charge < -0.3 is 9.15 Å². The third kappa shape index (κ3) is 3.45. The van der Waals surface area contributed by atoms with Crippen LogP contribution in [-0.2, 0) is 4.74 Å². The van der Waals surface area contributed by atoms with Gasteiger partial charge in [-0.3, -0.25) is 4.98 Å². The Morgan fingerprint density at radius 2 is 1.83 bits per heavy atom. The Bertz CT molecular complexity index is 841. The van der Waals surface area contributed by atoms with Crippen molar-refractivity contribution < 1.29 is 13.9 Å². The van der Waals surface area contributed by atoms with E-state index < -0.39 is 12.1 Å². The second-order valence-corrected chi connectivity index (χ2v) is 5.40. The number of carbonyl (C=O) groups is 1. The normalized spacial score (nSPS) is 12.0. The van der Waals surface area contributed by atoms with Gasteiger partial charge in [0, 0.05) is 11.8 Å². The molecule has 122 valence electrons. The molecule has 2 heterocycles. The molecule has 7 heteroatoms. The maximum Gasteiger partial charge on any atom is 0.359 e. The summed E-state index contributed by atoms with van der Waals surface area (Å²) >= 11 is 0. The summed E-state index contributed by atoms with van der Waals surface area (Å²) in [4.78, 5) is 20.0. The molecular weight excluding hydrogens is 308 g/mol. The average molecular weight is 324 g/mol. The molecule has 0 saturated heterocycles.